The third-order valence-electron chi connectivity index (χ3n) is 3.41. The Kier molecular flexibility index (Phi) is 3.05. The summed E-state index contributed by atoms with van der Waals surface area (Å²) in [4.78, 5) is 0. The van der Waals surface area contributed by atoms with E-state index >= 15 is 0 Å². The zero-order valence-electron chi connectivity index (χ0n) is 9.92. The smallest absolute Gasteiger partial charge is 0.146 e. The van der Waals surface area contributed by atoms with Gasteiger partial charge in [-0.3, -0.25) is 0 Å². The molecular weight excluding hydrogens is 263 g/mol. The van der Waals surface area contributed by atoms with Crippen LogP contribution in [0.15, 0.2) is 54.6 Å². The molecule has 0 amide bonds. The van der Waals surface area contributed by atoms with Crippen LogP contribution in [0.2, 0.25) is 5.02 Å². The highest BCUT2D eigenvalue weighted by molar-refractivity contribution is 7.79. The van der Waals surface area contributed by atoms with E-state index in [0.717, 1.165) is 23.5 Å². The number of benzene rings is 2. The number of rotatable bonds is 3. The molecule has 0 saturated heterocycles. The molecule has 1 nitrogen and oxygen atoms in total. The summed E-state index contributed by atoms with van der Waals surface area (Å²) in [6.45, 7) is 0. The Balaban J connectivity index is 2.13. The van der Waals surface area contributed by atoms with Crippen molar-refractivity contribution in [1.82, 2.24) is 0 Å². The summed E-state index contributed by atoms with van der Waals surface area (Å²) in [5.74, 6) is 0. The lowest BCUT2D eigenvalue weighted by atomic mass is 10.4. The first kappa shape index (κ1) is 12.0. The fourth-order valence-corrected chi connectivity index (χ4v) is 5.67. The second-order valence-corrected chi connectivity index (χ2v) is 8.22. The van der Waals surface area contributed by atoms with Gasteiger partial charge < -0.3 is 4.57 Å². The monoisotopic (exact) mass is 276 g/mol. The van der Waals surface area contributed by atoms with Crippen molar-refractivity contribution in [2.75, 3.05) is 0 Å². The largest absolute Gasteiger partial charge is 0.313 e. The standard InChI is InChI=1S/C15H14ClOP/c16-12-6-8-14(9-7-12)18(17,15-10-11-15)13-4-2-1-3-5-13/h1-9,15H,10-11H2/t18-/m0/s1. The molecule has 2 aromatic rings. The van der Waals surface area contributed by atoms with Gasteiger partial charge in [0, 0.05) is 21.3 Å². The van der Waals surface area contributed by atoms with Gasteiger partial charge in [0.1, 0.15) is 7.14 Å². The van der Waals surface area contributed by atoms with Gasteiger partial charge in [-0.25, -0.2) is 0 Å². The fraction of sp³-hybridized carbons (Fsp3) is 0.200. The molecule has 1 saturated carbocycles. The molecule has 0 radical (unpaired) electrons. The molecule has 0 bridgehead atoms. The van der Waals surface area contributed by atoms with Crippen LogP contribution < -0.4 is 10.6 Å². The second kappa shape index (κ2) is 4.57. The Morgan fingerprint density at radius 3 is 2.00 bits per heavy atom. The normalized spacial score (nSPS) is 18.3. The topological polar surface area (TPSA) is 17.1 Å². The molecule has 92 valence electrons. The van der Waals surface area contributed by atoms with E-state index in [1.54, 1.807) is 0 Å². The van der Waals surface area contributed by atoms with Crippen molar-refractivity contribution in [3.8, 4) is 0 Å². The fourth-order valence-electron chi connectivity index (χ4n) is 2.32. The summed E-state index contributed by atoms with van der Waals surface area (Å²) in [6.07, 6.45) is 2.13. The van der Waals surface area contributed by atoms with Crippen LogP contribution in [-0.4, -0.2) is 5.66 Å². The van der Waals surface area contributed by atoms with Crippen molar-refractivity contribution in [1.29, 1.82) is 0 Å². The van der Waals surface area contributed by atoms with E-state index in [4.69, 9.17) is 11.6 Å². The molecule has 18 heavy (non-hydrogen) atoms. The van der Waals surface area contributed by atoms with Gasteiger partial charge in [-0.15, -0.1) is 0 Å². The van der Waals surface area contributed by atoms with E-state index in [0.29, 0.717) is 10.7 Å². The summed E-state index contributed by atoms with van der Waals surface area (Å²) in [7, 11) is -2.46. The quantitative estimate of drug-likeness (QED) is 0.779. The summed E-state index contributed by atoms with van der Waals surface area (Å²) in [5, 5.41) is 2.59. The van der Waals surface area contributed by atoms with Crippen molar-refractivity contribution in [3.63, 3.8) is 0 Å². The van der Waals surface area contributed by atoms with Crippen LogP contribution in [0, 0.1) is 0 Å². The van der Waals surface area contributed by atoms with E-state index in [2.05, 4.69) is 0 Å². The van der Waals surface area contributed by atoms with E-state index in [9.17, 15) is 4.57 Å². The second-order valence-electron chi connectivity index (χ2n) is 4.70. The first-order valence-corrected chi connectivity index (χ1v) is 8.28. The Hall–Kier alpha value is -1.04. The van der Waals surface area contributed by atoms with Gasteiger partial charge in [0.2, 0.25) is 0 Å². The maximum Gasteiger partial charge on any atom is 0.146 e. The molecule has 0 aliphatic heterocycles. The van der Waals surface area contributed by atoms with Crippen LogP contribution in [0.25, 0.3) is 0 Å². The molecule has 1 aliphatic rings. The van der Waals surface area contributed by atoms with Crippen LogP contribution in [0.5, 0.6) is 0 Å². The van der Waals surface area contributed by atoms with E-state index in [1.807, 2.05) is 54.6 Å². The van der Waals surface area contributed by atoms with E-state index < -0.39 is 7.14 Å². The van der Waals surface area contributed by atoms with Crippen molar-refractivity contribution < 1.29 is 4.57 Å². The predicted molar refractivity (Wildman–Crippen MR) is 77.8 cm³/mol. The van der Waals surface area contributed by atoms with Crippen molar-refractivity contribution >= 4 is 29.4 Å². The third kappa shape index (κ3) is 2.02. The molecular formula is C15H14ClOP. The minimum Gasteiger partial charge on any atom is -0.313 e. The predicted octanol–water partition coefficient (Wildman–Crippen LogP) is 3.82. The zero-order chi connectivity index (χ0) is 12.6. The summed E-state index contributed by atoms with van der Waals surface area (Å²) in [5.41, 5.74) is 0.320. The van der Waals surface area contributed by atoms with Crippen LogP contribution >= 0.6 is 18.7 Å². The molecule has 3 rings (SSSR count). The summed E-state index contributed by atoms with van der Waals surface area (Å²) in [6, 6.07) is 17.3. The highest BCUT2D eigenvalue weighted by Crippen LogP contribution is 2.58. The lowest BCUT2D eigenvalue weighted by Gasteiger charge is -2.18. The molecule has 0 spiro atoms. The van der Waals surface area contributed by atoms with Gasteiger partial charge in [0.05, 0.1) is 0 Å². The van der Waals surface area contributed by atoms with Crippen LogP contribution in [0.1, 0.15) is 12.8 Å². The summed E-state index contributed by atoms with van der Waals surface area (Å²) >= 11 is 5.91. The molecule has 1 fully saturated rings. The summed E-state index contributed by atoms with van der Waals surface area (Å²) < 4.78 is 13.4. The van der Waals surface area contributed by atoms with Crippen LogP contribution in [-0.2, 0) is 4.57 Å². The molecule has 0 aromatic heterocycles. The Labute approximate surface area is 112 Å². The van der Waals surface area contributed by atoms with E-state index in [-0.39, 0.29) is 0 Å². The van der Waals surface area contributed by atoms with Gasteiger partial charge in [-0.1, -0.05) is 41.9 Å². The Morgan fingerprint density at radius 1 is 0.889 bits per heavy atom. The molecule has 1 aliphatic carbocycles. The van der Waals surface area contributed by atoms with Crippen LogP contribution in [0.4, 0.5) is 0 Å². The van der Waals surface area contributed by atoms with E-state index in [1.165, 1.54) is 0 Å². The molecule has 0 heterocycles. The molecule has 0 N–H and O–H groups in total. The maximum atomic E-state index is 13.4. The lowest BCUT2D eigenvalue weighted by molar-refractivity contribution is 0.586. The van der Waals surface area contributed by atoms with Gasteiger partial charge in [-0.05, 0) is 37.1 Å². The minimum atomic E-state index is -2.46. The molecule has 0 unspecified atom stereocenters. The van der Waals surface area contributed by atoms with Crippen molar-refractivity contribution in [3.05, 3.63) is 59.6 Å². The van der Waals surface area contributed by atoms with Gasteiger partial charge in [0.25, 0.3) is 0 Å². The molecule has 1 atom stereocenters. The van der Waals surface area contributed by atoms with Gasteiger partial charge in [-0.2, -0.15) is 0 Å². The van der Waals surface area contributed by atoms with Crippen molar-refractivity contribution in [2.24, 2.45) is 0 Å². The highest BCUT2D eigenvalue weighted by atomic mass is 35.5. The molecule has 2 aromatic carbocycles. The van der Waals surface area contributed by atoms with Crippen molar-refractivity contribution in [2.45, 2.75) is 18.5 Å². The van der Waals surface area contributed by atoms with Gasteiger partial charge >= 0.3 is 0 Å². The maximum absolute atomic E-state index is 13.4. The average molecular weight is 277 g/mol. The van der Waals surface area contributed by atoms with Crippen LogP contribution in [0.3, 0.4) is 0 Å². The Bertz CT molecular complexity index is 588. The van der Waals surface area contributed by atoms with Gasteiger partial charge in [0.15, 0.2) is 0 Å². The third-order valence-corrected chi connectivity index (χ3v) is 7.34. The average Bonchev–Trinajstić information content (AvgIpc) is 3.24. The first-order valence-electron chi connectivity index (χ1n) is 6.13. The molecule has 3 heteroatoms. The SMILES string of the molecule is O=[P@@](c1ccccc1)(c1ccc(Cl)cc1)C1CC1. The number of halogens is 1. The minimum absolute atomic E-state index is 0.320. The lowest BCUT2D eigenvalue weighted by Crippen LogP contribution is -2.18. The first-order chi connectivity index (χ1) is 8.71. The Morgan fingerprint density at radius 2 is 1.44 bits per heavy atom. The highest BCUT2D eigenvalue weighted by Gasteiger charge is 2.43. The number of hydrogen-bond acceptors (Lipinski definition) is 1. The number of hydrogen-bond donors (Lipinski definition) is 0. The zero-order valence-corrected chi connectivity index (χ0v) is 11.6.